The second-order valence-corrected chi connectivity index (χ2v) is 6.41. The lowest BCUT2D eigenvalue weighted by molar-refractivity contribution is 0.0301. The van der Waals surface area contributed by atoms with Crippen LogP contribution in [0.2, 0.25) is 5.02 Å². The van der Waals surface area contributed by atoms with E-state index in [1.165, 1.54) is 0 Å². The number of benzene rings is 2. The number of nitrogens with zero attached hydrogens (tertiary/aromatic N) is 2. The number of cyclic esters (lactones) is 1. The maximum absolute atomic E-state index is 12.5. The van der Waals surface area contributed by atoms with Crippen molar-refractivity contribution in [3.63, 3.8) is 0 Å². The van der Waals surface area contributed by atoms with E-state index in [2.05, 4.69) is 10.4 Å². The van der Waals surface area contributed by atoms with Crippen LogP contribution in [0, 0.1) is 0 Å². The summed E-state index contributed by atoms with van der Waals surface area (Å²) in [5.41, 5.74) is 2.90. The maximum atomic E-state index is 12.5. The van der Waals surface area contributed by atoms with E-state index in [1.807, 2.05) is 49.4 Å². The third-order valence-electron chi connectivity index (χ3n) is 4.06. The molecule has 0 bridgehead atoms. The summed E-state index contributed by atoms with van der Waals surface area (Å²) in [5, 5.41) is 8.61. The lowest BCUT2D eigenvalue weighted by Crippen LogP contribution is -2.25. The summed E-state index contributed by atoms with van der Waals surface area (Å²) in [4.78, 5) is 12.5. The molecule has 1 aliphatic rings. The van der Waals surface area contributed by atoms with Gasteiger partial charge in [-0.3, -0.25) is 0 Å². The van der Waals surface area contributed by atoms with Crippen LogP contribution in [0.15, 0.2) is 54.6 Å². The average molecular weight is 354 g/mol. The number of anilines is 2. The molecule has 25 heavy (non-hydrogen) atoms. The van der Waals surface area contributed by atoms with Gasteiger partial charge in [-0.15, -0.1) is 0 Å². The van der Waals surface area contributed by atoms with E-state index in [0.29, 0.717) is 22.8 Å². The number of hydrogen-bond acceptors (Lipinski definition) is 4. The van der Waals surface area contributed by atoms with Crippen molar-refractivity contribution >= 4 is 29.1 Å². The molecule has 6 heteroatoms. The van der Waals surface area contributed by atoms with Crippen molar-refractivity contribution in [1.82, 2.24) is 9.78 Å². The Morgan fingerprint density at radius 2 is 1.88 bits per heavy atom. The fraction of sp³-hybridized carbons (Fsp3) is 0.158. The molecule has 126 valence electrons. The van der Waals surface area contributed by atoms with Gasteiger partial charge in [0.15, 0.2) is 0 Å². The molecule has 0 saturated carbocycles. The van der Waals surface area contributed by atoms with Gasteiger partial charge >= 0.3 is 5.97 Å². The van der Waals surface area contributed by atoms with E-state index in [1.54, 1.807) is 16.8 Å². The van der Waals surface area contributed by atoms with Crippen molar-refractivity contribution in [2.24, 2.45) is 0 Å². The molecule has 1 N–H and O–H groups in total. The second kappa shape index (κ2) is 6.26. The molecule has 3 aromatic rings. The zero-order valence-corrected chi connectivity index (χ0v) is 14.3. The Kier molecular flexibility index (Phi) is 3.93. The van der Waals surface area contributed by atoms with Gasteiger partial charge in [-0.25, -0.2) is 9.48 Å². The molecule has 0 radical (unpaired) electrons. The first-order valence-electron chi connectivity index (χ1n) is 8.02. The Bertz CT molecular complexity index is 920. The van der Waals surface area contributed by atoms with Crippen LogP contribution in [0.25, 0.3) is 5.69 Å². The summed E-state index contributed by atoms with van der Waals surface area (Å²) in [7, 11) is 0. The summed E-state index contributed by atoms with van der Waals surface area (Å²) in [6.07, 6.45) is 0.406. The van der Waals surface area contributed by atoms with Crippen LogP contribution >= 0.6 is 11.6 Å². The van der Waals surface area contributed by atoms with Crippen LogP contribution in [0.4, 0.5) is 11.5 Å². The lowest BCUT2D eigenvalue weighted by Gasteiger charge is -2.18. The molecule has 0 fully saturated rings. The fourth-order valence-electron chi connectivity index (χ4n) is 2.92. The minimum absolute atomic E-state index is 0.182. The summed E-state index contributed by atoms with van der Waals surface area (Å²) in [6.45, 7) is 1.87. The van der Waals surface area contributed by atoms with Gasteiger partial charge in [0.05, 0.1) is 11.4 Å². The summed E-state index contributed by atoms with van der Waals surface area (Å²) >= 11 is 5.99. The first kappa shape index (κ1) is 15.7. The number of nitrogens with one attached hydrogen (secondary N) is 1. The Morgan fingerprint density at radius 1 is 1.16 bits per heavy atom. The summed E-state index contributed by atoms with van der Waals surface area (Å²) < 4.78 is 7.14. The quantitative estimate of drug-likeness (QED) is 0.710. The van der Waals surface area contributed by atoms with Crippen LogP contribution in [-0.4, -0.2) is 21.9 Å². The van der Waals surface area contributed by atoms with E-state index in [0.717, 1.165) is 17.1 Å². The Labute approximate surface area is 150 Å². The van der Waals surface area contributed by atoms with Gasteiger partial charge in [0.2, 0.25) is 0 Å². The van der Waals surface area contributed by atoms with Crippen molar-refractivity contribution in [3.05, 3.63) is 70.9 Å². The molecule has 1 unspecified atom stereocenters. The molecule has 1 atom stereocenters. The number of ether oxygens (including phenoxy) is 1. The van der Waals surface area contributed by atoms with Gasteiger partial charge in [0.25, 0.3) is 0 Å². The van der Waals surface area contributed by atoms with E-state index in [4.69, 9.17) is 16.3 Å². The van der Waals surface area contributed by atoms with Gasteiger partial charge < -0.3 is 10.1 Å². The van der Waals surface area contributed by atoms with Crippen molar-refractivity contribution in [1.29, 1.82) is 0 Å². The molecule has 0 spiro atoms. The fourth-order valence-corrected chi connectivity index (χ4v) is 3.05. The van der Waals surface area contributed by atoms with Crippen molar-refractivity contribution in [3.8, 4) is 5.69 Å². The molecule has 1 aliphatic heterocycles. The second-order valence-electron chi connectivity index (χ2n) is 5.97. The molecule has 1 aromatic heterocycles. The molecule has 0 saturated heterocycles. The SMILES string of the molecule is CC1Cc2nn(-c3ccc(Cl)cc3)c(Nc3ccccc3)c2C(=O)O1. The van der Waals surface area contributed by atoms with Crippen molar-refractivity contribution in [2.45, 2.75) is 19.4 Å². The number of hydrogen-bond donors (Lipinski definition) is 1. The number of halogens is 1. The number of para-hydroxylation sites is 1. The minimum atomic E-state index is -0.354. The number of carbonyl (C=O) groups excluding carboxylic acids is 1. The van der Waals surface area contributed by atoms with Gasteiger partial charge in [0.1, 0.15) is 17.5 Å². The van der Waals surface area contributed by atoms with Crippen LogP contribution in [0.5, 0.6) is 0 Å². The van der Waals surface area contributed by atoms with E-state index >= 15 is 0 Å². The van der Waals surface area contributed by atoms with E-state index in [9.17, 15) is 4.79 Å². The summed E-state index contributed by atoms with van der Waals surface area (Å²) in [6, 6.07) is 17.0. The predicted molar refractivity (Wildman–Crippen MR) is 96.9 cm³/mol. The first-order valence-corrected chi connectivity index (χ1v) is 8.40. The van der Waals surface area contributed by atoms with Crippen LogP contribution in [-0.2, 0) is 11.2 Å². The van der Waals surface area contributed by atoms with Gasteiger partial charge in [-0.1, -0.05) is 29.8 Å². The maximum Gasteiger partial charge on any atom is 0.344 e. The predicted octanol–water partition coefficient (Wildman–Crippen LogP) is 4.37. The molecule has 4 rings (SSSR count). The zero-order valence-electron chi connectivity index (χ0n) is 13.6. The molecule has 0 aliphatic carbocycles. The number of esters is 1. The minimum Gasteiger partial charge on any atom is -0.459 e. The molecule has 5 nitrogen and oxygen atoms in total. The van der Waals surface area contributed by atoms with Gasteiger partial charge in [-0.2, -0.15) is 5.10 Å². The lowest BCUT2D eigenvalue weighted by atomic mass is 10.1. The highest BCUT2D eigenvalue weighted by Gasteiger charge is 2.32. The zero-order chi connectivity index (χ0) is 17.4. The smallest absolute Gasteiger partial charge is 0.344 e. The third-order valence-corrected chi connectivity index (χ3v) is 4.31. The Balaban J connectivity index is 1.86. The highest BCUT2D eigenvalue weighted by Crippen LogP contribution is 2.32. The van der Waals surface area contributed by atoms with Crippen LogP contribution < -0.4 is 5.32 Å². The number of aromatic nitrogens is 2. The highest BCUT2D eigenvalue weighted by atomic mass is 35.5. The van der Waals surface area contributed by atoms with Gasteiger partial charge in [-0.05, 0) is 43.3 Å². The molecular weight excluding hydrogens is 338 g/mol. The third kappa shape index (κ3) is 2.98. The molecule has 2 aromatic carbocycles. The van der Waals surface area contributed by atoms with Crippen LogP contribution in [0.3, 0.4) is 0 Å². The average Bonchev–Trinajstić information content (AvgIpc) is 2.95. The topological polar surface area (TPSA) is 56.2 Å². The van der Waals surface area contributed by atoms with Gasteiger partial charge in [0, 0.05) is 17.1 Å². The Morgan fingerprint density at radius 3 is 2.60 bits per heavy atom. The van der Waals surface area contributed by atoms with Crippen LogP contribution in [0.1, 0.15) is 23.0 Å². The summed E-state index contributed by atoms with van der Waals surface area (Å²) in [5.74, 6) is 0.243. The number of rotatable bonds is 3. The molecular formula is C19H16ClN3O2. The normalized spacial score (nSPS) is 16.2. The number of carbonyl (C=O) groups is 1. The van der Waals surface area contributed by atoms with E-state index < -0.39 is 0 Å². The standard InChI is InChI=1S/C19H16ClN3O2/c1-12-11-16-17(19(24)25-12)18(21-14-5-3-2-4-6-14)23(22-16)15-9-7-13(20)8-10-15/h2-10,12,21H,11H2,1H3. The Hall–Kier alpha value is -2.79. The van der Waals surface area contributed by atoms with Crippen molar-refractivity contribution in [2.75, 3.05) is 5.32 Å². The molecule has 0 amide bonds. The first-order chi connectivity index (χ1) is 12.1. The molecule has 2 heterocycles. The monoisotopic (exact) mass is 353 g/mol. The van der Waals surface area contributed by atoms with E-state index in [-0.39, 0.29) is 12.1 Å². The number of fused-ring (bicyclic) bond motifs is 1. The highest BCUT2D eigenvalue weighted by molar-refractivity contribution is 6.30. The van der Waals surface area contributed by atoms with Crippen molar-refractivity contribution < 1.29 is 9.53 Å². The largest absolute Gasteiger partial charge is 0.459 e.